The Kier molecular flexibility index (Phi) is 3.18. The van der Waals surface area contributed by atoms with Gasteiger partial charge >= 0.3 is 0 Å². The number of carbonyl (C=O) groups excluding carboxylic acids is 1. The van der Waals surface area contributed by atoms with Crippen LogP contribution >= 0.6 is 11.3 Å². The average Bonchev–Trinajstić information content (AvgIpc) is 3.03. The van der Waals surface area contributed by atoms with E-state index in [0.717, 1.165) is 46.0 Å². The van der Waals surface area contributed by atoms with E-state index in [0.29, 0.717) is 6.54 Å². The monoisotopic (exact) mass is 312 g/mol. The maximum Gasteiger partial charge on any atom is 0.242 e. The van der Waals surface area contributed by atoms with Crippen LogP contribution in [0.3, 0.4) is 0 Å². The van der Waals surface area contributed by atoms with Gasteiger partial charge in [0.15, 0.2) is 0 Å². The summed E-state index contributed by atoms with van der Waals surface area (Å²) < 4.78 is 1.99. The molecular weight excluding hydrogens is 296 g/mol. The minimum absolute atomic E-state index is 0.183. The molecule has 22 heavy (non-hydrogen) atoms. The molecule has 0 saturated carbocycles. The fourth-order valence-electron chi connectivity index (χ4n) is 2.64. The van der Waals surface area contributed by atoms with Crippen molar-refractivity contribution in [1.29, 1.82) is 0 Å². The number of hydrogen-bond donors (Lipinski definition) is 0. The van der Waals surface area contributed by atoms with Gasteiger partial charge in [0.25, 0.3) is 0 Å². The van der Waals surface area contributed by atoms with E-state index in [1.165, 1.54) is 0 Å². The molecule has 1 aliphatic heterocycles. The molecule has 1 fully saturated rings. The first-order valence-corrected chi connectivity index (χ1v) is 8.18. The molecule has 4 heterocycles. The first-order chi connectivity index (χ1) is 10.7. The van der Waals surface area contributed by atoms with Crippen molar-refractivity contribution >= 4 is 28.3 Å². The molecule has 0 spiro atoms. The van der Waals surface area contributed by atoms with Crippen LogP contribution in [0.15, 0.2) is 30.7 Å². The van der Waals surface area contributed by atoms with Crippen LogP contribution in [0.5, 0.6) is 0 Å². The molecule has 6 heteroatoms. The van der Waals surface area contributed by atoms with E-state index in [2.05, 4.69) is 16.0 Å². The van der Waals surface area contributed by atoms with Crippen molar-refractivity contribution < 1.29 is 4.79 Å². The summed E-state index contributed by atoms with van der Waals surface area (Å²) in [5.74, 6) is 0.183. The molecule has 0 aliphatic carbocycles. The predicted octanol–water partition coefficient (Wildman–Crippen LogP) is 2.70. The minimum atomic E-state index is 0.183. The molecule has 1 saturated heterocycles. The second-order valence-corrected chi connectivity index (χ2v) is 6.78. The van der Waals surface area contributed by atoms with Crippen LogP contribution in [0.25, 0.3) is 21.5 Å². The van der Waals surface area contributed by atoms with Crippen LogP contribution in [0.1, 0.15) is 11.4 Å². The standard InChI is InChI=1S/C16H16N4OS/c1-11-17-9-15(22-11)12-7-14-13(18-8-12)3-6-20(14)10-16(21)19-4-2-5-19/h3,6-9H,2,4-5,10H2,1H3. The molecule has 1 amide bonds. The maximum absolute atomic E-state index is 12.2. The Morgan fingerprint density at radius 3 is 2.86 bits per heavy atom. The molecule has 0 radical (unpaired) electrons. The quantitative estimate of drug-likeness (QED) is 0.747. The summed E-state index contributed by atoms with van der Waals surface area (Å²) in [6.07, 6.45) is 6.81. The Morgan fingerprint density at radius 1 is 1.32 bits per heavy atom. The first-order valence-electron chi connectivity index (χ1n) is 7.36. The van der Waals surface area contributed by atoms with E-state index in [-0.39, 0.29) is 5.91 Å². The average molecular weight is 312 g/mol. The van der Waals surface area contributed by atoms with Gasteiger partial charge in [0, 0.05) is 37.2 Å². The molecule has 0 bridgehead atoms. The third-order valence-electron chi connectivity index (χ3n) is 4.04. The third-order valence-corrected chi connectivity index (χ3v) is 5.00. The van der Waals surface area contributed by atoms with Crippen LogP contribution in [-0.4, -0.2) is 38.4 Å². The van der Waals surface area contributed by atoms with Gasteiger partial charge in [-0.2, -0.15) is 0 Å². The number of aryl methyl sites for hydroxylation is 1. The summed E-state index contributed by atoms with van der Waals surface area (Å²) in [5, 5.41) is 1.04. The maximum atomic E-state index is 12.2. The van der Waals surface area contributed by atoms with E-state index in [4.69, 9.17) is 0 Å². The van der Waals surface area contributed by atoms with E-state index < -0.39 is 0 Å². The van der Waals surface area contributed by atoms with Crippen molar-refractivity contribution in [3.8, 4) is 10.4 Å². The van der Waals surface area contributed by atoms with Gasteiger partial charge in [0.2, 0.25) is 5.91 Å². The van der Waals surface area contributed by atoms with Crippen molar-refractivity contribution in [1.82, 2.24) is 19.4 Å². The number of pyridine rings is 1. The zero-order valence-corrected chi connectivity index (χ0v) is 13.1. The molecule has 0 aromatic carbocycles. The molecule has 112 valence electrons. The summed E-state index contributed by atoms with van der Waals surface area (Å²) >= 11 is 1.65. The Morgan fingerprint density at radius 2 is 2.18 bits per heavy atom. The normalized spacial score (nSPS) is 14.3. The molecular formula is C16H16N4OS. The Bertz CT molecular complexity index is 847. The summed E-state index contributed by atoms with van der Waals surface area (Å²) in [7, 11) is 0. The Hall–Kier alpha value is -2.21. The molecule has 5 nitrogen and oxygen atoms in total. The van der Waals surface area contributed by atoms with Gasteiger partial charge in [-0.15, -0.1) is 11.3 Å². The topological polar surface area (TPSA) is 51.0 Å². The number of hydrogen-bond acceptors (Lipinski definition) is 4. The van der Waals surface area contributed by atoms with Gasteiger partial charge in [-0.3, -0.25) is 9.78 Å². The van der Waals surface area contributed by atoms with Gasteiger partial charge in [-0.05, 0) is 25.5 Å². The second kappa shape index (κ2) is 5.21. The summed E-state index contributed by atoms with van der Waals surface area (Å²) in [6, 6.07) is 4.05. The Labute approximate surface area is 132 Å². The summed E-state index contributed by atoms with van der Waals surface area (Å²) in [6.45, 7) is 4.16. The largest absolute Gasteiger partial charge is 0.341 e. The lowest BCUT2D eigenvalue weighted by Crippen LogP contribution is -2.43. The van der Waals surface area contributed by atoms with Crippen LogP contribution in [0.2, 0.25) is 0 Å². The lowest BCUT2D eigenvalue weighted by Gasteiger charge is -2.31. The highest BCUT2D eigenvalue weighted by molar-refractivity contribution is 7.15. The smallest absolute Gasteiger partial charge is 0.242 e. The van der Waals surface area contributed by atoms with Crippen molar-refractivity contribution in [2.45, 2.75) is 19.9 Å². The van der Waals surface area contributed by atoms with E-state index in [1.54, 1.807) is 11.3 Å². The van der Waals surface area contributed by atoms with E-state index >= 15 is 0 Å². The number of thiazole rings is 1. The lowest BCUT2D eigenvalue weighted by molar-refractivity contribution is -0.135. The molecule has 3 aromatic rings. The highest BCUT2D eigenvalue weighted by Gasteiger charge is 2.20. The van der Waals surface area contributed by atoms with Crippen LogP contribution in [0, 0.1) is 6.92 Å². The Balaban J connectivity index is 1.68. The highest BCUT2D eigenvalue weighted by atomic mass is 32.1. The van der Waals surface area contributed by atoms with Crippen LogP contribution in [0.4, 0.5) is 0 Å². The summed E-state index contributed by atoms with van der Waals surface area (Å²) in [4.78, 5) is 24.0. The van der Waals surface area contributed by atoms with Gasteiger partial charge in [-0.25, -0.2) is 4.98 Å². The zero-order chi connectivity index (χ0) is 15.1. The molecule has 0 atom stereocenters. The molecule has 1 aliphatic rings. The minimum Gasteiger partial charge on any atom is -0.341 e. The fraction of sp³-hybridized carbons (Fsp3) is 0.312. The number of amides is 1. The van der Waals surface area contributed by atoms with E-state index in [1.807, 2.05) is 41.0 Å². The van der Waals surface area contributed by atoms with Crippen LogP contribution in [-0.2, 0) is 11.3 Å². The van der Waals surface area contributed by atoms with Crippen molar-refractivity contribution in [3.63, 3.8) is 0 Å². The second-order valence-electron chi connectivity index (χ2n) is 5.55. The first kappa shape index (κ1) is 13.5. The fourth-order valence-corrected chi connectivity index (χ4v) is 3.40. The highest BCUT2D eigenvalue weighted by Crippen LogP contribution is 2.28. The summed E-state index contributed by atoms with van der Waals surface area (Å²) in [5.41, 5.74) is 2.97. The van der Waals surface area contributed by atoms with Gasteiger partial charge in [0.1, 0.15) is 6.54 Å². The molecule has 0 N–H and O–H groups in total. The third kappa shape index (κ3) is 2.29. The number of nitrogens with zero attached hydrogens (tertiary/aromatic N) is 4. The molecule has 0 unspecified atom stereocenters. The van der Waals surface area contributed by atoms with Gasteiger partial charge in [-0.1, -0.05) is 0 Å². The number of likely N-dealkylation sites (tertiary alicyclic amines) is 1. The lowest BCUT2D eigenvalue weighted by atomic mass is 10.2. The number of rotatable bonds is 3. The number of aromatic nitrogens is 3. The van der Waals surface area contributed by atoms with Crippen molar-refractivity contribution in [2.24, 2.45) is 0 Å². The number of fused-ring (bicyclic) bond motifs is 1. The van der Waals surface area contributed by atoms with Gasteiger partial charge in [0.05, 0.1) is 20.9 Å². The predicted molar refractivity (Wildman–Crippen MR) is 86.8 cm³/mol. The molecule has 4 rings (SSSR count). The zero-order valence-electron chi connectivity index (χ0n) is 12.3. The SMILES string of the molecule is Cc1ncc(-c2cnc3ccn(CC(=O)N4CCC4)c3c2)s1. The van der Waals surface area contributed by atoms with E-state index in [9.17, 15) is 4.79 Å². The number of carbonyl (C=O) groups is 1. The van der Waals surface area contributed by atoms with Crippen molar-refractivity contribution in [3.05, 3.63) is 35.7 Å². The van der Waals surface area contributed by atoms with Gasteiger partial charge < -0.3 is 9.47 Å². The molecule has 3 aromatic heterocycles. The van der Waals surface area contributed by atoms with Crippen LogP contribution < -0.4 is 0 Å². The van der Waals surface area contributed by atoms with Crippen molar-refractivity contribution in [2.75, 3.05) is 13.1 Å².